The molecule has 1 rings (SSSR count). The van der Waals surface area contributed by atoms with Crippen molar-refractivity contribution < 1.29 is 39.8 Å². The number of nitrogens with one attached hydrogen (secondary N) is 1. The molecule has 0 saturated carbocycles. The van der Waals surface area contributed by atoms with Gasteiger partial charge in [0, 0.05) is 6.42 Å². The van der Waals surface area contributed by atoms with Gasteiger partial charge in [-0.15, -0.1) is 0 Å². The van der Waals surface area contributed by atoms with Gasteiger partial charge in [-0.1, -0.05) is 174 Å². The predicted molar refractivity (Wildman–Crippen MR) is 198 cm³/mol. The van der Waals surface area contributed by atoms with Crippen LogP contribution in [0.25, 0.3) is 0 Å². The molecular formula is C40H79NO8. The van der Waals surface area contributed by atoms with Crippen LogP contribution in [0.3, 0.4) is 0 Å². The fourth-order valence-corrected chi connectivity index (χ4v) is 6.81. The van der Waals surface area contributed by atoms with Crippen LogP contribution >= 0.6 is 0 Å². The van der Waals surface area contributed by atoms with Crippen LogP contribution in [-0.4, -0.2) is 87.5 Å². The van der Waals surface area contributed by atoms with Gasteiger partial charge >= 0.3 is 0 Å². The minimum Gasteiger partial charge on any atom is -0.394 e. The number of carbonyl (C=O) groups excluding carboxylic acids is 1. The van der Waals surface area contributed by atoms with Gasteiger partial charge in [0.1, 0.15) is 24.4 Å². The zero-order chi connectivity index (χ0) is 36.0. The largest absolute Gasteiger partial charge is 0.394 e. The topological polar surface area (TPSA) is 149 Å². The van der Waals surface area contributed by atoms with E-state index >= 15 is 0 Å². The van der Waals surface area contributed by atoms with E-state index in [4.69, 9.17) is 9.47 Å². The fraction of sp³-hybridized carbons (Fsp3) is 0.975. The summed E-state index contributed by atoms with van der Waals surface area (Å²) in [4.78, 5) is 12.7. The summed E-state index contributed by atoms with van der Waals surface area (Å²) < 4.78 is 11.2. The zero-order valence-electron chi connectivity index (χ0n) is 31.7. The van der Waals surface area contributed by atoms with Crippen LogP contribution in [0.2, 0.25) is 0 Å². The Morgan fingerprint density at radius 3 is 1.45 bits per heavy atom. The Labute approximate surface area is 300 Å². The molecule has 0 aromatic heterocycles. The van der Waals surface area contributed by atoms with Crippen molar-refractivity contribution in [1.82, 2.24) is 5.32 Å². The van der Waals surface area contributed by atoms with Crippen molar-refractivity contribution >= 4 is 5.91 Å². The van der Waals surface area contributed by atoms with Gasteiger partial charge in [-0.2, -0.15) is 0 Å². The van der Waals surface area contributed by atoms with Gasteiger partial charge in [-0.3, -0.25) is 4.79 Å². The van der Waals surface area contributed by atoms with E-state index in [9.17, 15) is 30.3 Å². The van der Waals surface area contributed by atoms with Crippen molar-refractivity contribution in [1.29, 1.82) is 0 Å². The molecular weight excluding hydrogens is 622 g/mol. The molecule has 0 aromatic rings. The molecule has 0 aromatic carbocycles. The van der Waals surface area contributed by atoms with Gasteiger partial charge in [0.2, 0.25) is 5.91 Å². The van der Waals surface area contributed by atoms with Crippen molar-refractivity contribution in [2.45, 2.75) is 236 Å². The van der Waals surface area contributed by atoms with Gasteiger partial charge in [0.05, 0.1) is 25.4 Å². The highest BCUT2D eigenvalue weighted by Crippen LogP contribution is 2.23. The lowest BCUT2D eigenvalue weighted by Gasteiger charge is -2.40. The Bertz CT molecular complexity index is 741. The van der Waals surface area contributed by atoms with Crippen LogP contribution in [0, 0.1) is 0 Å². The monoisotopic (exact) mass is 702 g/mol. The van der Waals surface area contributed by atoms with E-state index < -0.39 is 49.5 Å². The van der Waals surface area contributed by atoms with Gasteiger partial charge < -0.3 is 40.3 Å². The first kappa shape index (κ1) is 46.2. The van der Waals surface area contributed by atoms with E-state index in [0.717, 1.165) is 38.5 Å². The molecule has 7 unspecified atom stereocenters. The number of unbranched alkanes of at least 4 members (excludes halogenated alkanes) is 24. The number of hydrogen-bond donors (Lipinski definition) is 6. The molecule has 0 bridgehead atoms. The summed E-state index contributed by atoms with van der Waals surface area (Å²) in [6.45, 7) is 3.77. The molecule has 9 heteroatoms. The quantitative estimate of drug-likeness (QED) is 0.0376. The molecule has 292 valence electrons. The van der Waals surface area contributed by atoms with E-state index in [2.05, 4.69) is 19.2 Å². The average Bonchev–Trinajstić information content (AvgIpc) is 3.10. The Kier molecular flexibility index (Phi) is 30.1. The summed E-state index contributed by atoms with van der Waals surface area (Å²) in [6, 6.07) is -0.708. The van der Waals surface area contributed by atoms with Gasteiger partial charge in [0.25, 0.3) is 0 Å². The van der Waals surface area contributed by atoms with Crippen molar-refractivity contribution in [2.75, 3.05) is 13.2 Å². The molecule has 7 atom stereocenters. The summed E-state index contributed by atoms with van der Waals surface area (Å²) in [5.41, 5.74) is 0. The Morgan fingerprint density at radius 2 is 1.02 bits per heavy atom. The van der Waals surface area contributed by atoms with E-state index in [1.54, 1.807) is 0 Å². The van der Waals surface area contributed by atoms with Crippen LogP contribution in [0.5, 0.6) is 0 Å². The first-order valence-corrected chi connectivity index (χ1v) is 20.7. The predicted octanol–water partition coefficient (Wildman–Crippen LogP) is 7.61. The highest BCUT2D eigenvalue weighted by atomic mass is 16.7. The maximum atomic E-state index is 12.7. The zero-order valence-corrected chi connectivity index (χ0v) is 31.7. The van der Waals surface area contributed by atoms with Crippen LogP contribution in [0.4, 0.5) is 0 Å². The van der Waals surface area contributed by atoms with Crippen LogP contribution < -0.4 is 5.32 Å². The minimum atomic E-state index is -1.55. The first-order valence-electron chi connectivity index (χ1n) is 20.7. The van der Waals surface area contributed by atoms with Crippen molar-refractivity contribution in [3.05, 3.63) is 0 Å². The van der Waals surface area contributed by atoms with Gasteiger partial charge in [0.15, 0.2) is 6.29 Å². The van der Waals surface area contributed by atoms with Crippen molar-refractivity contribution in [3.8, 4) is 0 Å². The molecule has 0 radical (unpaired) electrons. The standard InChI is InChI=1S/C40H79NO8/c1-3-5-7-9-11-12-13-14-15-16-17-18-19-20-21-22-23-24-25-27-29-34(43)33(41-36(44)30-28-26-10-8-6-4-2)32-48-40-39(47)38(46)37(45)35(31-42)49-40/h33-35,37-40,42-43,45-47H,3-32H2,1-2H3,(H,41,44). The van der Waals surface area contributed by atoms with Crippen molar-refractivity contribution in [3.63, 3.8) is 0 Å². The third-order valence-corrected chi connectivity index (χ3v) is 10.2. The maximum Gasteiger partial charge on any atom is 0.220 e. The smallest absolute Gasteiger partial charge is 0.220 e. The SMILES string of the molecule is CCCCCCCCCCCCCCCCCCCCCCC(O)C(COC1OC(CO)C(O)C(O)C1O)NC(=O)CCCCCCCC. The molecule has 1 heterocycles. The Hall–Kier alpha value is -0.810. The molecule has 1 fully saturated rings. The molecule has 1 saturated heterocycles. The molecule has 9 nitrogen and oxygen atoms in total. The Morgan fingerprint density at radius 1 is 0.612 bits per heavy atom. The maximum absolute atomic E-state index is 12.7. The van der Waals surface area contributed by atoms with Gasteiger partial charge in [-0.25, -0.2) is 0 Å². The summed E-state index contributed by atoms with van der Waals surface area (Å²) in [7, 11) is 0. The normalized spacial score (nSPS) is 22.3. The third kappa shape index (κ3) is 23.4. The van der Waals surface area contributed by atoms with Crippen LogP contribution in [-0.2, 0) is 14.3 Å². The number of carbonyl (C=O) groups is 1. The second-order valence-electron chi connectivity index (χ2n) is 14.8. The molecule has 0 aliphatic carbocycles. The second-order valence-corrected chi connectivity index (χ2v) is 14.8. The number of hydrogen-bond acceptors (Lipinski definition) is 8. The fourth-order valence-electron chi connectivity index (χ4n) is 6.81. The second kappa shape index (κ2) is 31.9. The van der Waals surface area contributed by atoms with Crippen LogP contribution in [0.1, 0.15) is 194 Å². The van der Waals surface area contributed by atoms with E-state index in [1.807, 2.05) is 0 Å². The lowest BCUT2D eigenvalue weighted by atomic mass is 9.99. The van der Waals surface area contributed by atoms with E-state index in [1.165, 1.54) is 128 Å². The van der Waals surface area contributed by atoms with Crippen molar-refractivity contribution in [2.24, 2.45) is 0 Å². The molecule has 0 spiro atoms. The highest BCUT2D eigenvalue weighted by molar-refractivity contribution is 5.76. The molecule has 49 heavy (non-hydrogen) atoms. The summed E-state index contributed by atoms with van der Waals surface area (Å²) in [5, 5.41) is 53.9. The number of aliphatic hydroxyl groups excluding tert-OH is 5. The minimum absolute atomic E-state index is 0.134. The summed E-state index contributed by atoms with van der Waals surface area (Å²) in [5.74, 6) is -0.152. The molecule has 1 aliphatic heterocycles. The summed E-state index contributed by atoms with van der Waals surface area (Å²) in [6.07, 6.45) is 25.7. The Balaban J connectivity index is 2.25. The first-order chi connectivity index (χ1) is 23.8. The number of ether oxygens (including phenoxy) is 2. The van der Waals surface area contributed by atoms with Crippen LogP contribution in [0.15, 0.2) is 0 Å². The number of amides is 1. The molecule has 6 N–H and O–H groups in total. The lowest BCUT2D eigenvalue weighted by Crippen LogP contribution is -2.60. The number of rotatable bonds is 34. The summed E-state index contributed by atoms with van der Waals surface area (Å²) >= 11 is 0. The molecule has 1 amide bonds. The molecule has 1 aliphatic rings. The number of aliphatic hydroxyl groups is 5. The van der Waals surface area contributed by atoms with E-state index in [0.29, 0.717) is 12.8 Å². The van der Waals surface area contributed by atoms with E-state index in [-0.39, 0.29) is 12.5 Å². The van der Waals surface area contributed by atoms with Gasteiger partial charge in [-0.05, 0) is 12.8 Å². The average molecular weight is 702 g/mol. The third-order valence-electron chi connectivity index (χ3n) is 10.2. The highest BCUT2D eigenvalue weighted by Gasteiger charge is 2.44. The lowest BCUT2D eigenvalue weighted by molar-refractivity contribution is -0.302.